The van der Waals surface area contributed by atoms with E-state index in [0.717, 1.165) is 12.1 Å². The minimum atomic E-state index is -4.40. The molecule has 2 aromatic heterocycles. The molecule has 2 heterocycles. The van der Waals surface area contributed by atoms with Crippen LogP contribution in [0.15, 0.2) is 41.0 Å². The number of thioether (sulfide) groups is 1. The van der Waals surface area contributed by atoms with E-state index in [1.807, 2.05) is 0 Å². The lowest BCUT2D eigenvalue weighted by molar-refractivity contribution is -0.137. The Morgan fingerprint density at radius 1 is 1.32 bits per heavy atom. The normalized spacial score (nSPS) is 11.4. The number of hydrogen-bond donors (Lipinski definition) is 2. The third-order valence-electron chi connectivity index (χ3n) is 3.58. The Balaban J connectivity index is 1.55. The topological polar surface area (TPSA) is 84.7 Å². The van der Waals surface area contributed by atoms with E-state index in [1.54, 1.807) is 29.3 Å². The van der Waals surface area contributed by atoms with E-state index >= 15 is 0 Å². The molecule has 0 aliphatic carbocycles. The summed E-state index contributed by atoms with van der Waals surface area (Å²) in [4.78, 5) is 15.9. The number of rotatable bonds is 7. The summed E-state index contributed by atoms with van der Waals surface area (Å²) in [6, 6.07) is 4.93. The van der Waals surface area contributed by atoms with Crippen LogP contribution in [0, 0.1) is 0 Å². The summed E-state index contributed by atoms with van der Waals surface area (Å²) in [5.74, 6) is 0.443. The van der Waals surface area contributed by atoms with Gasteiger partial charge in [-0.1, -0.05) is 17.8 Å². The fraction of sp³-hybridized carbons (Fsp3) is 0.250. The Morgan fingerprint density at radius 3 is 2.86 bits per heavy atom. The number of alkyl halides is 3. The minimum absolute atomic E-state index is 0.132. The van der Waals surface area contributed by atoms with Crippen LogP contribution in [-0.4, -0.2) is 31.4 Å². The van der Waals surface area contributed by atoms with Gasteiger partial charge >= 0.3 is 6.18 Å². The van der Waals surface area contributed by atoms with E-state index < -0.39 is 11.7 Å². The van der Waals surface area contributed by atoms with Crippen molar-refractivity contribution in [1.82, 2.24) is 19.7 Å². The number of halogens is 3. The highest BCUT2D eigenvalue weighted by molar-refractivity contribution is 7.99. The third kappa shape index (κ3) is 5.23. The van der Waals surface area contributed by atoms with E-state index in [2.05, 4.69) is 25.8 Å². The summed E-state index contributed by atoms with van der Waals surface area (Å²) >= 11 is 2.53. The lowest BCUT2D eigenvalue weighted by atomic mass is 10.2. The summed E-state index contributed by atoms with van der Waals surface area (Å²) in [5.41, 5.74) is -0.396. The molecule has 0 fully saturated rings. The molecule has 1 aromatic carbocycles. The molecule has 0 radical (unpaired) electrons. The van der Waals surface area contributed by atoms with E-state index in [9.17, 15) is 18.0 Å². The predicted octanol–water partition coefficient (Wildman–Crippen LogP) is 3.63. The summed E-state index contributed by atoms with van der Waals surface area (Å²) in [7, 11) is 1.73. The second-order valence-corrected chi connectivity index (χ2v) is 7.40. The Bertz CT molecular complexity index is 942. The number of nitrogens with one attached hydrogen (secondary N) is 2. The molecular formula is C16H15F3N6OS2. The highest BCUT2D eigenvalue weighted by Crippen LogP contribution is 2.30. The Kier molecular flexibility index (Phi) is 6.19. The van der Waals surface area contributed by atoms with Crippen LogP contribution >= 0.6 is 23.1 Å². The molecule has 0 saturated carbocycles. The first-order valence-corrected chi connectivity index (χ1v) is 9.81. The van der Waals surface area contributed by atoms with Gasteiger partial charge in [-0.25, -0.2) is 4.98 Å². The van der Waals surface area contributed by atoms with E-state index in [4.69, 9.17) is 0 Å². The molecule has 0 atom stereocenters. The van der Waals surface area contributed by atoms with E-state index in [1.165, 1.54) is 29.2 Å². The van der Waals surface area contributed by atoms with Crippen LogP contribution in [0.4, 0.5) is 24.0 Å². The number of nitrogens with zero attached hydrogens (tertiary/aromatic N) is 4. The van der Waals surface area contributed by atoms with Crippen LogP contribution in [0.2, 0.25) is 0 Å². The van der Waals surface area contributed by atoms with Crippen molar-refractivity contribution in [3.8, 4) is 0 Å². The van der Waals surface area contributed by atoms with Crippen molar-refractivity contribution < 1.29 is 18.0 Å². The first kappa shape index (κ1) is 20.1. The molecule has 0 bridgehead atoms. The molecule has 28 heavy (non-hydrogen) atoms. The van der Waals surface area contributed by atoms with Gasteiger partial charge in [-0.3, -0.25) is 4.79 Å². The van der Waals surface area contributed by atoms with Crippen molar-refractivity contribution >= 4 is 39.8 Å². The van der Waals surface area contributed by atoms with Crippen molar-refractivity contribution in [3.63, 3.8) is 0 Å². The molecule has 0 spiro atoms. The van der Waals surface area contributed by atoms with Crippen molar-refractivity contribution in [2.24, 2.45) is 7.05 Å². The number of carbonyl (C=O) groups is 1. The van der Waals surface area contributed by atoms with E-state index in [0.29, 0.717) is 21.8 Å². The number of hydrogen-bond acceptors (Lipinski definition) is 7. The summed E-state index contributed by atoms with van der Waals surface area (Å²) in [6.07, 6.45) is -2.80. The monoisotopic (exact) mass is 428 g/mol. The van der Waals surface area contributed by atoms with Gasteiger partial charge in [-0.2, -0.15) is 13.2 Å². The lowest BCUT2D eigenvalue weighted by Crippen LogP contribution is -2.14. The van der Waals surface area contributed by atoms with Crippen molar-refractivity contribution in [3.05, 3.63) is 47.2 Å². The second-order valence-electron chi connectivity index (χ2n) is 5.56. The molecular weight excluding hydrogens is 413 g/mol. The van der Waals surface area contributed by atoms with Gasteiger partial charge in [0.2, 0.25) is 5.91 Å². The highest BCUT2D eigenvalue weighted by atomic mass is 32.2. The molecule has 12 heteroatoms. The number of carbonyl (C=O) groups excluding carboxylic acids is 1. The third-order valence-corrected chi connectivity index (χ3v) is 5.29. The summed E-state index contributed by atoms with van der Waals surface area (Å²) in [6.45, 7) is 0.191. The van der Waals surface area contributed by atoms with Crippen LogP contribution in [-0.2, 0) is 24.6 Å². The molecule has 3 aromatic rings. The smallest absolute Gasteiger partial charge is 0.378 e. The molecule has 0 unspecified atom stereocenters. The zero-order chi connectivity index (χ0) is 20.1. The molecule has 0 aliphatic heterocycles. The van der Waals surface area contributed by atoms with Crippen LogP contribution in [0.5, 0.6) is 0 Å². The number of anilines is 2. The zero-order valence-corrected chi connectivity index (χ0v) is 16.2. The van der Waals surface area contributed by atoms with Gasteiger partial charge in [0.1, 0.15) is 0 Å². The molecule has 1 amide bonds. The van der Waals surface area contributed by atoms with Crippen LogP contribution < -0.4 is 10.6 Å². The number of benzene rings is 1. The maximum Gasteiger partial charge on any atom is 0.416 e. The first-order valence-electron chi connectivity index (χ1n) is 7.94. The van der Waals surface area contributed by atoms with Crippen molar-refractivity contribution in [1.29, 1.82) is 0 Å². The second kappa shape index (κ2) is 8.61. The fourth-order valence-corrected chi connectivity index (χ4v) is 3.46. The standard InChI is InChI=1S/C16H15F3N6OS2/c1-25-12(8-21-11-4-2-3-10(7-11)16(17,18)19)23-24-15(25)28-9-13(26)22-14-20-5-6-27-14/h2-7,21H,8-9H2,1H3,(H,20,22,26). The molecule has 0 saturated heterocycles. The zero-order valence-electron chi connectivity index (χ0n) is 14.5. The van der Waals surface area contributed by atoms with Crippen molar-refractivity contribution in [2.45, 2.75) is 17.9 Å². The summed E-state index contributed by atoms with van der Waals surface area (Å²) in [5, 5.41) is 16.4. The first-order chi connectivity index (χ1) is 13.3. The largest absolute Gasteiger partial charge is 0.416 e. The van der Waals surface area contributed by atoms with Gasteiger partial charge in [0, 0.05) is 24.3 Å². The van der Waals surface area contributed by atoms with Gasteiger partial charge in [0.25, 0.3) is 0 Å². The molecule has 2 N–H and O–H groups in total. The SMILES string of the molecule is Cn1c(CNc2cccc(C(F)(F)F)c2)nnc1SCC(=O)Nc1nccs1. The fourth-order valence-electron chi connectivity index (χ4n) is 2.18. The van der Waals surface area contributed by atoms with Gasteiger partial charge in [0.15, 0.2) is 16.1 Å². The lowest BCUT2D eigenvalue weighted by Gasteiger charge is -2.10. The molecule has 7 nitrogen and oxygen atoms in total. The van der Waals surface area contributed by atoms with Crippen LogP contribution in [0.25, 0.3) is 0 Å². The summed E-state index contributed by atoms with van der Waals surface area (Å²) < 4.78 is 40.0. The van der Waals surface area contributed by atoms with Crippen molar-refractivity contribution in [2.75, 3.05) is 16.4 Å². The average molecular weight is 428 g/mol. The number of aromatic nitrogens is 4. The maximum absolute atomic E-state index is 12.8. The minimum Gasteiger partial charge on any atom is -0.378 e. The molecule has 0 aliphatic rings. The number of amides is 1. The number of thiazole rings is 1. The average Bonchev–Trinajstić information content (AvgIpc) is 3.28. The Labute approximate surface area is 166 Å². The van der Waals surface area contributed by atoms with Crippen LogP contribution in [0.3, 0.4) is 0 Å². The molecule has 148 valence electrons. The van der Waals surface area contributed by atoms with Gasteiger partial charge in [-0.05, 0) is 18.2 Å². The Hall–Kier alpha value is -2.60. The highest BCUT2D eigenvalue weighted by Gasteiger charge is 2.30. The quantitative estimate of drug-likeness (QED) is 0.559. The molecule has 3 rings (SSSR count). The van der Waals surface area contributed by atoms with Crippen LogP contribution in [0.1, 0.15) is 11.4 Å². The van der Waals surface area contributed by atoms with Gasteiger partial charge in [0.05, 0.1) is 17.9 Å². The van der Waals surface area contributed by atoms with Gasteiger partial charge < -0.3 is 15.2 Å². The van der Waals surface area contributed by atoms with E-state index in [-0.39, 0.29) is 18.2 Å². The predicted molar refractivity (Wildman–Crippen MR) is 101 cm³/mol. The Morgan fingerprint density at radius 2 is 2.14 bits per heavy atom. The van der Waals surface area contributed by atoms with Gasteiger partial charge in [-0.15, -0.1) is 21.5 Å². The maximum atomic E-state index is 12.8.